The number of imidazole rings is 2. The number of hydrogen-bond donors (Lipinski definition) is 2. The predicted molar refractivity (Wildman–Crippen MR) is 135 cm³/mol. The molecule has 2 aromatic carbocycles. The highest BCUT2D eigenvalue weighted by atomic mass is 15.3. The van der Waals surface area contributed by atoms with E-state index < -0.39 is 0 Å². The highest BCUT2D eigenvalue weighted by molar-refractivity contribution is 5.85. The Morgan fingerprint density at radius 2 is 1.82 bits per heavy atom. The Kier molecular flexibility index (Phi) is 5.10. The molecule has 1 fully saturated rings. The Morgan fingerprint density at radius 1 is 0.971 bits per heavy atom. The normalized spacial score (nSPS) is 14.8. The number of aromatic nitrogens is 6. The van der Waals surface area contributed by atoms with Crippen molar-refractivity contribution in [3.63, 3.8) is 0 Å². The monoisotopic (exact) mass is 453 g/mol. The molecule has 0 unspecified atom stereocenters. The van der Waals surface area contributed by atoms with Gasteiger partial charge in [-0.15, -0.1) is 0 Å². The number of H-pyrrole nitrogens is 1. The number of aryl methyl sites for hydroxylation is 1. The molecule has 0 radical (unpaired) electrons. The topological polar surface area (TPSA) is 90.8 Å². The van der Waals surface area contributed by atoms with Crippen LogP contribution in [-0.2, 0) is 6.54 Å². The number of hydrogen-bond acceptors (Lipinski definition) is 7. The van der Waals surface area contributed by atoms with E-state index in [9.17, 15) is 0 Å². The molecular formula is C25H27N9. The van der Waals surface area contributed by atoms with E-state index in [1.165, 1.54) is 5.56 Å². The third kappa shape index (κ3) is 3.84. The van der Waals surface area contributed by atoms with Gasteiger partial charge >= 0.3 is 0 Å². The maximum absolute atomic E-state index is 4.97. The SMILES string of the molecule is Cc1cccc(-n2cnc3c(NCc4nc5ccccc5[nH]4)nc(N4CCN(C)CC4)nc32)c1. The fraction of sp³-hybridized carbons (Fsp3) is 0.280. The first-order valence-electron chi connectivity index (χ1n) is 11.6. The van der Waals surface area contributed by atoms with Gasteiger partial charge in [0.15, 0.2) is 17.0 Å². The lowest BCUT2D eigenvalue weighted by atomic mass is 10.2. The Labute approximate surface area is 197 Å². The molecule has 5 aromatic rings. The number of likely N-dealkylation sites (N-methyl/N-ethyl adjacent to an activating group) is 1. The number of rotatable bonds is 5. The van der Waals surface area contributed by atoms with E-state index in [-0.39, 0.29) is 0 Å². The fourth-order valence-electron chi connectivity index (χ4n) is 4.38. The lowest BCUT2D eigenvalue weighted by Gasteiger charge is -2.32. The van der Waals surface area contributed by atoms with Crippen LogP contribution in [-0.4, -0.2) is 67.6 Å². The summed E-state index contributed by atoms with van der Waals surface area (Å²) in [6, 6.07) is 16.4. The van der Waals surface area contributed by atoms with Crippen LogP contribution in [0.1, 0.15) is 11.4 Å². The van der Waals surface area contributed by atoms with E-state index in [1.54, 1.807) is 0 Å². The summed E-state index contributed by atoms with van der Waals surface area (Å²) in [5.74, 6) is 2.29. The molecule has 0 bridgehead atoms. The van der Waals surface area contributed by atoms with E-state index in [0.29, 0.717) is 12.4 Å². The third-order valence-electron chi connectivity index (χ3n) is 6.31. The van der Waals surface area contributed by atoms with Crippen LogP contribution in [0.4, 0.5) is 11.8 Å². The number of nitrogens with one attached hydrogen (secondary N) is 2. The van der Waals surface area contributed by atoms with Crippen molar-refractivity contribution in [3.8, 4) is 5.69 Å². The zero-order valence-electron chi connectivity index (χ0n) is 19.4. The molecule has 172 valence electrons. The van der Waals surface area contributed by atoms with E-state index in [0.717, 1.165) is 65.8 Å². The van der Waals surface area contributed by atoms with Gasteiger partial charge in [0.1, 0.15) is 12.2 Å². The molecule has 1 aliphatic heterocycles. The van der Waals surface area contributed by atoms with Gasteiger partial charge in [-0.1, -0.05) is 24.3 Å². The summed E-state index contributed by atoms with van der Waals surface area (Å²) in [5.41, 5.74) is 5.74. The predicted octanol–water partition coefficient (Wildman–Crippen LogP) is 3.36. The van der Waals surface area contributed by atoms with Crippen LogP contribution in [0, 0.1) is 6.92 Å². The number of benzene rings is 2. The van der Waals surface area contributed by atoms with Gasteiger partial charge in [0.25, 0.3) is 0 Å². The largest absolute Gasteiger partial charge is 0.361 e. The Hall–Kier alpha value is -3.98. The highest BCUT2D eigenvalue weighted by Crippen LogP contribution is 2.26. The molecule has 34 heavy (non-hydrogen) atoms. The molecule has 0 spiro atoms. The molecule has 0 aliphatic carbocycles. The minimum absolute atomic E-state index is 0.514. The molecule has 0 atom stereocenters. The van der Waals surface area contributed by atoms with E-state index in [2.05, 4.69) is 63.3 Å². The molecule has 0 saturated carbocycles. The summed E-state index contributed by atoms with van der Waals surface area (Å²) in [4.78, 5) is 27.2. The summed E-state index contributed by atoms with van der Waals surface area (Å²) < 4.78 is 2.04. The first-order chi connectivity index (χ1) is 16.6. The molecular weight excluding hydrogens is 426 g/mol. The van der Waals surface area contributed by atoms with Crippen LogP contribution >= 0.6 is 0 Å². The van der Waals surface area contributed by atoms with Gasteiger partial charge < -0.3 is 20.1 Å². The van der Waals surface area contributed by atoms with Gasteiger partial charge in [0.05, 0.1) is 17.6 Å². The molecule has 0 amide bonds. The van der Waals surface area contributed by atoms with Crippen LogP contribution in [0.25, 0.3) is 27.9 Å². The van der Waals surface area contributed by atoms with Gasteiger partial charge in [-0.2, -0.15) is 9.97 Å². The zero-order valence-corrected chi connectivity index (χ0v) is 19.4. The molecule has 3 aromatic heterocycles. The summed E-state index contributed by atoms with van der Waals surface area (Å²) in [6.45, 7) is 6.36. The van der Waals surface area contributed by atoms with Crippen molar-refractivity contribution in [1.82, 2.24) is 34.4 Å². The van der Waals surface area contributed by atoms with Crippen molar-refractivity contribution in [1.29, 1.82) is 0 Å². The van der Waals surface area contributed by atoms with E-state index >= 15 is 0 Å². The average Bonchev–Trinajstić information content (AvgIpc) is 3.47. The minimum atomic E-state index is 0.514. The number of fused-ring (bicyclic) bond motifs is 2. The second-order valence-electron chi connectivity index (χ2n) is 8.84. The van der Waals surface area contributed by atoms with Gasteiger partial charge in [-0.3, -0.25) is 4.57 Å². The molecule has 1 saturated heterocycles. The lowest BCUT2D eigenvalue weighted by molar-refractivity contribution is 0.311. The molecule has 1 aliphatic rings. The van der Waals surface area contributed by atoms with Gasteiger partial charge in [0, 0.05) is 31.9 Å². The number of piperazine rings is 1. The van der Waals surface area contributed by atoms with E-state index in [4.69, 9.17) is 15.0 Å². The minimum Gasteiger partial charge on any atom is -0.361 e. The third-order valence-corrected chi connectivity index (χ3v) is 6.31. The first kappa shape index (κ1) is 20.6. The number of aromatic amines is 1. The van der Waals surface area contributed by atoms with Crippen molar-refractivity contribution in [2.24, 2.45) is 0 Å². The van der Waals surface area contributed by atoms with Crippen molar-refractivity contribution in [3.05, 3.63) is 66.2 Å². The molecule has 9 nitrogen and oxygen atoms in total. The van der Waals surface area contributed by atoms with Crippen LogP contribution in [0.5, 0.6) is 0 Å². The van der Waals surface area contributed by atoms with Crippen molar-refractivity contribution >= 4 is 34.0 Å². The maximum Gasteiger partial charge on any atom is 0.229 e. The second-order valence-corrected chi connectivity index (χ2v) is 8.84. The number of para-hydroxylation sites is 2. The van der Waals surface area contributed by atoms with Crippen molar-refractivity contribution in [2.45, 2.75) is 13.5 Å². The Bertz CT molecular complexity index is 1430. The van der Waals surface area contributed by atoms with Crippen LogP contribution in [0.15, 0.2) is 54.9 Å². The van der Waals surface area contributed by atoms with Crippen molar-refractivity contribution < 1.29 is 0 Å². The summed E-state index contributed by atoms with van der Waals surface area (Å²) >= 11 is 0. The van der Waals surface area contributed by atoms with Gasteiger partial charge in [0.2, 0.25) is 5.95 Å². The molecule has 4 heterocycles. The highest BCUT2D eigenvalue weighted by Gasteiger charge is 2.21. The molecule has 6 rings (SSSR count). The Morgan fingerprint density at radius 3 is 2.65 bits per heavy atom. The standard InChI is InChI=1S/C25H27N9/c1-17-6-5-7-18(14-17)34-16-27-22-23(26-15-21-28-19-8-3-4-9-20(19)29-21)30-25(31-24(22)34)33-12-10-32(2)11-13-33/h3-9,14,16H,10-13,15H2,1-2H3,(H,28,29)(H,26,30,31). The summed E-state index contributed by atoms with van der Waals surface area (Å²) in [7, 11) is 2.15. The summed E-state index contributed by atoms with van der Waals surface area (Å²) in [6.07, 6.45) is 1.83. The smallest absolute Gasteiger partial charge is 0.229 e. The number of nitrogens with zero attached hydrogens (tertiary/aromatic N) is 7. The molecule has 2 N–H and O–H groups in total. The second kappa shape index (κ2) is 8.42. The van der Waals surface area contributed by atoms with Crippen LogP contribution in [0.2, 0.25) is 0 Å². The zero-order chi connectivity index (χ0) is 23.1. The number of anilines is 2. The van der Waals surface area contributed by atoms with Crippen LogP contribution in [0.3, 0.4) is 0 Å². The van der Waals surface area contributed by atoms with E-state index in [1.807, 2.05) is 35.2 Å². The average molecular weight is 454 g/mol. The quantitative estimate of drug-likeness (QED) is 0.422. The first-order valence-corrected chi connectivity index (χ1v) is 11.6. The van der Waals surface area contributed by atoms with Crippen LogP contribution < -0.4 is 10.2 Å². The van der Waals surface area contributed by atoms with Gasteiger partial charge in [-0.25, -0.2) is 9.97 Å². The molecule has 9 heteroatoms. The maximum atomic E-state index is 4.97. The van der Waals surface area contributed by atoms with Gasteiger partial charge in [-0.05, 0) is 43.8 Å². The lowest BCUT2D eigenvalue weighted by Crippen LogP contribution is -2.45. The fourth-order valence-corrected chi connectivity index (χ4v) is 4.38. The van der Waals surface area contributed by atoms with Crippen molar-refractivity contribution in [2.75, 3.05) is 43.4 Å². The Balaban J connectivity index is 1.40. The summed E-state index contributed by atoms with van der Waals surface area (Å²) in [5, 5.41) is 3.47.